The van der Waals surface area contributed by atoms with Crippen LogP contribution in [0.25, 0.3) is 27.5 Å². The summed E-state index contributed by atoms with van der Waals surface area (Å²) >= 11 is 6.20. The Hall–Kier alpha value is -2.13. The van der Waals surface area contributed by atoms with Crippen LogP contribution in [0.4, 0.5) is 0 Å². The summed E-state index contributed by atoms with van der Waals surface area (Å²) in [5, 5.41) is 1.48. The van der Waals surface area contributed by atoms with E-state index in [2.05, 4.69) is 15.0 Å². The molecule has 3 aromatic rings. The van der Waals surface area contributed by atoms with Crippen molar-refractivity contribution in [2.24, 2.45) is 0 Å². The lowest BCUT2D eigenvalue weighted by atomic mass is 10.1. The van der Waals surface area contributed by atoms with Crippen LogP contribution in [-0.4, -0.2) is 15.0 Å². The number of pyridine rings is 1. The van der Waals surface area contributed by atoms with Crippen molar-refractivity contribution in [3.8, 4) is 0 Å². The zero-order chi connectivity index (χ0) is 12.1. The average molecular weight is 254 g/mol. The number of imidazole rings is 1. The van der Waals surface area contributed by atoms with Gasteiger partial charge in [0.2, 0.25) is 0 Å². The van der Waals surface area contributed by atoms with Crippen molar-refractivity contribution in [2.45, 2.75) is 0 Å². The van der Waals surface area contributed by atoms with E-state index >= 15 is 0 Å². The maximum absolute atomic E-state index is 6.20. The molecule has 0 amide bonds. The fourth-order valence-electron chi connectivity index (χ4n) is 2.14. The van der Waals surface area contributed by atoms with Gasteiger partial charge in [-0.25, -0.2) is 9.97 Å². The highest BCUT2D eigenvalue weighted by Crippen LogP contribution is 2.30. The number of para-hydroxylation sites is 1. The molecule has 86 valence electrons. The van der Waals surface area contributed by atoms with Gasteiger partial charge in [0.15, 0.2) is 5.15 Å². The van der Waals surface area contributed by atoms with E-state index in [4.69, 9.17) is 11.6 Å². The summed E-state index contributed by atoms with van der Waals surface area (Å²) in [6, 6.07) is 7.88. The fourth-order valence-corrected chi connectivity index (χ4v) is 2.37. The molecule has 0 radical (unpaired) electrons. The van der Waals surface area contributed by atoms with Crippen molar-refractivity contribution < 1.29 is 0 Å². The molecule has 0 saturated heterocycles. The number of hydrogen-bond acceptors (Lipinski definition) is 2. The highest BCUT2D eigenvalue weighted by Gasteiger charge is 2.14. The van der Waals surface area contributed by atoms with Gasteiger partial charge in [0.05, 0.1) is 5.52 Å². The zero-order valence-corrected chi connectivity index (χ0v) is 10.1. The van der Waals surface area contributed by atoms with E-state index in [1.165, 1.54) is 0 Å². The minimum Gasteiger partial charge on any atom is -0.335 e. The predicted octanol–water partition coefficient (Wildman–Crippen LogP) is 3.72. The quantitative estimate of drug-likeness (QED) is 0.672. The first kappa shape index (κ1) is 9.85. The number of aromatic amines is 1. The third-order valence-electron chi connectivity index (χ3n) is 3.11. The number of aromatic nitrogens is 3. The molecule has 4 heteroatoms. The van der Waals surface area contributed by atoms with E-state index in [9.17, 15) is 0 Å². The Morgan fingerprint density at radius 3 is 2.72 bits per heavy atom. The van der Waals surface area contributed by atoms with Crippen LogP contribution in [-0.2, 0) is 0 Å². The van der Waals surface area contributed by atoms with Crippen molar-refractivity contribution in [3.05, 3.63) is 53.5 Å². The first-order chi connectivity index (χ1) is 8.83. The van der Waals surface area contributed by atoms with Crippen molar-refractivity contribution >= 4 is 39.1 Å². The molecule has 4 rings (SSSR count). The van der Waals surface area contributed by atoms with Crippen molar-refractivity contribution in [3.63, 3.8) is 0 Å². The maximum Gasteiger partial charge on any atom is 0.155 e. The molecule has 0 aliphatic heterocycles. The van der Waals surface area contributed by atoms with E-state index in [1.54, 1.807) is 0 Å². The van der Waals surface area contributed by atoms with Crippen LogP contribution >= 0.6 is 11.6 Å². The topological polar surface area (TPSA) is 41.6 Å². The van der Waals surface area contributed by atoms with E-state index < -0.39 is 0 Å². The Bertz CT molecular complexity index is 843. The summed E-state index contributed by atoms with van der Waals surface area (Å²) in [5.41, 5.74) is 3.63. The minimum absolute atomic E-state index is 0.464. The second-order valence-electron chi connectivity index (χ2n) is 4.21. The Balaban J connectivity index is 2.12. The van der Waals surface area contributed by atoms with Gasteiger partial charge in [-0.2, -0.15) is 0 Å². The molecule has 1 aromatic carbocycles. The van der Waals surface area contributed by atoms with Crippen molar-refractivity contribution in [1.29, 1.82) is 0 Å². The van der Waals surface area contributed by atoms with Crippen molar-refractivity contribution in [1.82, 2.24) is 15.0 Å². The molecular formula is C14H8ClN3. The van der Waals surface area contributed by atoms with Crippen LogP contribution in [0.5, 0.6) is 0 Å². The SMILES string of the molecule is Clc1nc2ccccc2c2nc(C3=CC=C3)[nH]c12. The lowest BCUT2D eigenvalue weighted by Gasteiger charge is -2.01. The van der Waals surface area contributed by atoms with Crippen LogP contribution in [0.3, 0.4) is 0 Å². The fraction of sp³-hybridized carbons (Fsp3) is 0. The van der Waals surface area contributed by atoms with Crippen molar-refractivity contribution in [2.75, 3.05) is 0 Å². The number of hydrogen-bond donors (Lipinski definition) is 1. The summed E-state index contributed by atoms with van der Waals surface area (Å²) in [4.78, 5) is 12.2. The third kappa shape index (κ3) is 1.25. The summed E-state index contributed by atoms with van der Waals surface area (Å²) in [6.45, 7) is 0. The molecule has 0 fully saturated rings. The number of nitrogens with one attached hydrogen (secondary N) is 1. The van der Waals surface area contributed by atoms with E-state index in [-0.39, 0.29) is 0 Å². The molecule has 1 aliphatic carbocycles. The molecule has 0 saturated carbocycles. The monoisotopic (exact) mass is 253 g/mol. The van der Waals surface area contributed by atoms with E-state index in [0.29, 0.717) is 5.15 Å². The van der Waals surface area contributed by atoms with Gasteiger partial charge in [-0.3, -0.25) is 0 Å². The lowest BCUT2D eigenvalue weighted by Crippen LogP contribution is -1.87. The summed E-state index contributed by atoms with van der Waals surface area (Å²) in [5.74, 6) is 0.840. The molecule has 2 aromatic heterocycles. The predicted molar refractivity (Wildman–Crippen MR) is 73.5 cm³/mol. The molecule has 0 unspecified atom stereocenters. The molecule has 0 spiro atoms. The number of benzene rings is 1. The van der Waals surface area contributed by atoms with Gasteiger partial charge in [-0.15, -0.1) is 0 Å². The third-order valence-corrected chi connectivity index (χ3v) is 3.39. The van der Waals surface area contributed by atoms with Gasteiger partial charge >= 0.3 is 0 Å². The van der Waals surface area contributed by atoms with E-state index in [1.807, 2.05) is 42.5 Å². The van der Waals surface area contributed by atoms with Crippen LogP contribution < -0.4 is 0 Å². The molecule has 0 atom stereocenters. The maximum atomic E-state index is 6.20. The number of H-pyrrole nitrogens is 1. The Labute approximate surface area is 108 Å². The van der Waals surface area contributed by atoms with Gasteiger partial charge in [0.25, 0.3) is 0 Å². The highest BCUT2D eigenvalue weighted by molar-refractivity contribution is 6.35. The van der Waals surface area contributed by atoms with E-state index in [0.717, 1.165) is 33.3 Å². The molecule has 18 heavy (non-hydrogen) atoms. The van der Waals surface area contributed by atoms with Crippen LogP contribution in [0, 0.1) is 0 Å². The van der Waals surface area contributed by atoms with Crippen LogP contribution in [0.2, 0.25) is 5.15 Å². The molecule has 0 bridgehead atoms. The first-order valence-electron chi connectivity index (χ1n) is 5.65. The summed E-state index contributed by atoms with van der Waals surface area (Å²) in [6.07, 6.45) is 6.02. The second-order valence-corrected chi connectivity index (χ2v) is 4.57. The molecule has 2 heterocycles. The standard InChI is InChI=1S/C14H8ClN3/c15-13-12-11(9-6-1-2-7-10(9)16-13)17-14(18-12)8-4-3-5-8/h1-7H,(H,17,18). The largest absolute Gasteiger partial charge is 0.335 e. The van der Waals surface area contributed by atoms with Gasteiger partial charge in [0.1, 0.15) is 16.9 Å². The number of rotatable bonds is 1. The molecule has 1 N–H and O–H groups in total. The Kier molecular flexibility index (Phi) is 1.88. The normalized spacial score (nSPS) is 13.9. The molecule has 3 nitrogen and oxygen atoms in total. The lowest BCUT2D eigenvalue weighted by molar-refractivity contribution is 1.26. The molecule has 1 aliphatic rings. The summed E-state index contributed by atoms with van der Waals surface area (Å²) in [7, 11) is 0. The van der Waals surface area contributed by atoms with Crippen LogP contribution in [0.1, 0.15) is 5.82 Å². The van der Waals surface area contributed by atoms with Gasteiger partial charge in [-0.1, -0.05) is 48.0 Å². The van der Waals surface area contributed by atoms with Crippen LogP contribution in [0.15, 0.2) is 42.5 Å². The smallest absolute Gasteiger partial charge is 0.155 e. The van der Waals surface area contributed by atoms with Gasteiger partial charge < -0.3 is 4.98 Å². The zero-order valence-electron chi connectivity index (χ0n) is 9.31. The Morgan fingerprint density at radius 1 is 1.11 bits per heavy atom. The first-order valence-corrected chi connectivity index (χ1v) is 6.03. The number of nitrogens with zero attached hydrogens (tertiary/aromatic N) is 2. The average Bonchev–Trinajstić information content (AvgIpc) is 2.72. The number of fused-ring (bicyclic) bond motifs is 3. The number of halogens is 1. The van der Waals surface area contributed by atoms with Gasteiger partial charge in [0, 0.05) is 11.0 Å². The second kappa shape index (κ2) is 3.43. The minimum atomic E-state index is 0.464. The summed E-state index contributed by atoms with van der Waals surface area (Å²) < 4.78 is 0. The Morgan fingerprint density at radius 2 is 1.94 bits per heavy atom. The number of allylic oxidation sites excluding steroid dienone is 4. The van der Waals surface area contributed by atoms with Gasteiger partial charge in [-0.05, 0) is 6.07 Å². The highest BCUT2D eigenvalue weighted by atomic mass is 35.5. The molecular weight excluding hydrogens is 246 g/mol.